The van der Waals surface area contributed by atoms with Crippen LogP contribution in [0.4, 0.5) is 0 Å². The number of hydrogen-bond acceptors (Lipinski definition) is 4. The lowest BCUT2D eigenvalue weighted by atomic mass is 10.2. The van der Waals surface area contributed by atoms with Gasteiger partial charge in [-0.25, -0.2) is 0 Å². The van der Waals surface area contributed by atoms with E-state index in [0.29, 0.717) is 0 Å². The Morgan fingerprint density at radius 2 is 2.36 bits per heavy atom. The van der Waals surface area contributed by atoms with Crippen molar-refractivity contribution in [2.24, 2.45) is 5.73 Å². The molecule has 0 saturated carbocycles. The van der Waals surface area contributed by atoms with Gasteiger partial charge < -0.3 is 10.5 Å². The van der Waals surface area contributed by atoms with E-state index < -0.39 is 0 Å². The van der Waals surface area contributed by atoms with Gasteiger partial charge in [0.1, 0.15) is 0 Å². The molecule has 3 nitrogen and oxygen atoms in total. The Morgan fingerprint density at radius 1 is 1.71 bits per heavy atom. The van der Waals surface area contributed by atoms with E-state index in [9.17, 15) is 4.79 Å². The lowest BCUT2D eigenvalue weighted by Gasteiger charge is -2.06. The summed E-state index contributed by atoms with van der Waals surface area (Å²) in [7, 11) is 1.36. The highest BCUT2D eigenvalue weighted by Crippen LogP contribution is 2.27. The molecule has 0 aromatic carbocycles. The van der Waals surface area contributed by atoms with E-state index in [2.05, 4.69) is 20.7 Å². The van der Waals surface area contributed by atoms with E-state index in [1.54, 1.807) is 0 Å². The van der Waals surface area contributed by atoms with Gasteiger partial charge in [-0.1, -0.05) is 0 Å². The van der Waals surface area contributed by atoms with Crippen molar-refractivity contribution in [3.8, 4) is 0 Å². The zero-order valence-electron chi connectivity index (χ0n) is 7.53. The quantitative estimate of drug-likeness (QED) is 0.873. The lowest BCUT2D eigenvalue weighted by molar-refractivity contribution is -0.141. The third-order valence-electron chi connectivity index (χ3n) is 1.57. The summed E-state index contributed by atoms with van der Waals surface area (Å²) in [5.74, 6) is -0.281. The number of rotatable bonds is 3. The van der Waals surface area contributed by atoms with Crippen molar-refractivity contribution in [3.63, 3.8) is 0 Å². The largest absolute Gasteiger partial charge is 0.469 e. The molecule has 80 valence electrons. The molecule has 2 N–H and O–H groups in total. The van der Waals surface area contributed by atoms with E-state index in [1.807, 2.05) is 12.1 Å². The number of ether oxygens (including phenoxy) is 1. The van der Waals surface area contributed by atoms with Gasteiger partial charge in [-0.2, -0.15) is 0 Å². The molecule has 6 heteroatoms. The third-order valence-corrected chi connectivity index (χ3v) is 3.33. The van der Waals surface area contributed by atoms with Crippen LogP contribution in [0.2, 0.25) is 0 Å². The second-order valence-corrected chi connectivity index (χ2v) is 5.02. The molecule has 0 aliphatic carbocycles. The van der Waals surface area contributed by atoms with Crippen molar-refractivity contribution in [1.82, 2.24) is 0 Å². The maximum atomic E-state index is 10.9. The van der Waals surface area contributed by atoms with E-state index in [0.717, 1.165) is 8.66 Å². The van der Waals surface area contributed by atoms with Crippen LogP contribution in [-0.4, -0.2) is 13.1 Å². The predicted molar refractivity (Wildman–Crippen MR) is 62.8 cm³/mol. The minimum Gasteiger partial charge on any atom is -0.469 e. The molecule has 0 aliphatic heterocycles. The molecule has 1 aromatic heterocycles. The Kier molecular flexibility index (Phi) is 6.35. The van der Waals surface area contributed by atoms with Crippen LogP contribution in [0.25, 0.3) is 0 Å². The first-order chi connectivity index (χ1) is 6.13. The first-order valence-electron chi connectivity index (χ1n) is 3.71. The van der Waals surface area contributed by atoms with E-state index >= 15 is 0 Å². The summed E-state index contributed by atoms with van der Waals surface area (Å²) < 4.78 is 5.54. The molecule has 0 fully saturated rings. The topological polar surface area (TPSA) is 52.3 Å². The minimum absolute atomic E-state index is 0. The fourth-order valence-electron chi connectivity index (χ4n) is 0.891. The Balaban J connectivity index is 0.00000169. The Bertz CT molecular complexity index is 305. The lowest BCUT2D eigenvalue weighted by Crippen LogP contribution is -2.14. The van der Waals surface area contributed by atoms with Gasteiger partial charge >= 0.3 is 5.97 Å². The summed E-state index contributed by atoms with van der Waals surface area (Å²) in [4.78, 5) is 11.9. The number of carbonyl (C=O) groups is 1. The number of halogens is 2. The van der Waals surface area contributed by atoms with Crippen LogP contribution >= 0.6 is 39.7 Å². The maximum absolute atomic E-state index is 10.9. The third kappa shape index (κ3) is 3.96. The number of thiophene rings is 1. The van der Waals surface area contributed by atoms with E-state index in [-0.39, 0.29) is 30.8 Å². The van der Waals surface area contributed by atoms with Gasteiger partial charge in [-0.05, 0) is 28.1 Å². The summed E-state index contributed by atoms with van der Waals surface area (Å²) in [5, 5.41) is 0. The zero-order valence-corrected chi connectivity index (χ0v) is 10.7. The Morgan fingerprint density at radius 3 is 2.79 bits per heavy atom. The maximum Gasteiger partial charge on any atom is 0.307 e. The molecule has 1 aromatic rings. The van der Waals surface area contributed by atoms with Gasteiger partial charge in [0.05, 0.1) is 17.3 Å². The van der Waals surface area contributed by atoms with Crippen molar-refractivity contribution < 1.29 is 9.53 Å². The average molecular weight is 301 g/mol. The molecular formula is C8H11BrClNO2S. The molecule has 0 amide bonds. The summed E-state index contributed by atoms with van der Waals surface area (Å²) in [6, 6.07) is 3.56. The minimum atomic E-state index is -0.281. The van der Waals surface area contributed by atoms with Crippen LogP contribution < -0.4 is 5.73 Å². The zero-order chi connectivity index (χ0) is 9.84. The molecule has 1 unspecified atom stereocenters. The summed E-state index contributed by atoms with van der Waals surface area (Å²) in [6.45, 7) is 0. The van der Waals surface area contributed by atoms with Gasteiger partial charge in [-0.3, -0.25) is 4.79 Å². The van der Waals surface area contributed by atoms with Crippen LogP contribution in [0.3, 0.4) is 0 Å². The first kappa shape index (κ1) is 13.9. The molecular weight excluding hydrogens is 290 g/mol. The van der Waals surface area contributed by atoms with Crippen LogP contribution in [0.5, 0.6) is 0 Å². The molecule has 1 heterocycles. The molecule has 1 rings (SSSR count). The smallest absolute Gasteiger partial charge is 0.307 e. The average Bonchev–Trinajstić information content (AvgIpc) is 2.51. The van der Waals surface area contributed by atoms with Crippen molar-refractivity contribution in [1.29, 1.82) is 0 Å². The summed E-state index contributed by atoms with van der Waals surface area (Å²) in [6.07, 6.45) is 0.226. The molecule has 1 atom stereocenters. The highest BCUT2D eigenvalue weighted by Gasteiger charge is 2.13. The molecule has 14 heavy (non-hydrogen) atoms. The van der Waals surface area contributed by atoms with Crippen LogP contribution in [-0.2, 0) is 9.53 Å². The van der Waals surface area contributed by atoms with Gasteiger partial charge in [0.2, 0.25) is 0 Å². The fraction of sp³-hybridized carbons (Fsp3) is 0.375. The number of carbonyl (C=O) groups excluding carboxylic acids is 1. The van der Waals surface area contributed by atoms with Crippen molar-refractivity contribution in [2.75, 3.05) is 7.11 Å². The second-order valence-electron chi connectivity index (χ2n) is 2.53. The van der Waals surface area contributed by atoms with E-state index in [1.165, 1.54) is 18.4 Å². The van der Waals surface area contributed by atoms with Crippen molar-refractivity contribution in [2.45, 2.75) is 12.5 Å². The molecule has 0 saturated heterocycles. The fourth-order valence-corrected chi connectivity index (χ4v) is 2.32. The first-order valence-corrected chi connectivity index (χ1v) is 5.32. The molecule has 0 aliphatic rings. The SMILES string of the molecule is COC(=O)CC(N)c1ccc(Br)s1.Cl. The highest BCUT2D eigenvalue weighted by molar-refractivity contribution is 9.11. The number of nitrogens with two attached hydrogens (primary N) is 1. The van der Waals surface area contributed by atoms with Gasteiger partial charge in [0.15, 0.2) is 0 Å². The van der Waals surface area contributed by atoms with Crippen LogP contribution in [0.15, 0.2) is 15.9 Å². The van der Waals surface area contributed by atoms with Gasteiger partial charge in [0, 0.05) is 10.9 Å². The van der Waals surface area contributed by atoms with Gasteiger partial charge in [0.25, 0.3) is 0 Å². The van der Waals surface area contributed by atoms with Gasteiger partial charge in [-0.15, -0.1) is 23.7 Å². The molecule has 0 radical (unpaired) electrons. The van der Waals surface area contributed by atoms with Crippen LogP contribution in [0.1, 0.15) is 17.3 Å². The standard InChI is InChI=1S/C8H10BrNO2S.ClH/c1-12-8(11)4-5(10)6-2-3-7(9)13-6;/h2-3,5H,4,10H2,1H3;1H. The Labute approximate surface area is 101 Å². The number of esters is 1. The Hall–Kier alpha value is -0.100. The highest BCUT2D eigenvalue weighted by atomic mass is 79.9. The molecule has 0 bridgehead atoms. The predicted octanol–water partition coefficient (Wildman–Crippen LogP) is 2.50. The summed E-state index contributed by atoms with van der Waals surface area (Å²) >= 11 is 4.86. The number of methoxy groups -OCH3 is 1. The summed E-state index contributed by atoms with van der Waals surface area (Å²) in [5.41, 5.74) is 5.77. The molecule has 0 spiro atoms. The van der Waals surface area contributed by atoms with Crippen LogP contribution in [0, 0.1) is 0 Å². The van der Waals surface area contributed by atoms with Crippen molar-refractivity contribution >= 4 is 45.6 Å². The number of hydrogen-bond donors (Lipinski definition) is 1. The second kappa shape index (κ2) is 6.40. The van der Waals surface area contributed by atoms with E-state index in [4.69, 9.17) is 5.73 Å². The van der Waals surface area contributed by atoms with Crippen molar-refractivity contribution in [3.05, 3.63) is 20.8 Å². The normalized spacial score (nSPS) is 11.6. The monoisotopic (exact) mass is 299 g/mol.